The Labute approximate surface area is 155 Å². The summed E-state index contributed by atoms with van der Waals surface area (Å²) in [5.41, 5.74) is 7.27. The van der Waals surface area contributed by atoms with Crippen molar-refractivity contribution in [3.63, 3.8) is 0 Å². The van der Waals surface area contributed by atoms with Crippen LogP contribution in [0, 0.1) is 12.7 Å². The molecule has 2 aromatic rings. The molecule has 1 saturated heterocycles. The second-order valence-corrected chi connectivity index (χ2v) is 6.08. The maximum absolute atomic E-state index is 13.8. The van der Waals surface area contributed by atoms with Crippen LogP contribution in [0.3, 0.4) is 0 Å². The molecule has 9 heteroatoms. The van der Waals surface area contributed by atoms with E-state index in [-0.39, 0.29) is 19.0 Å². The molecule has 0 aliphatic carbocycles. The van der Waals surface area contributed by atoms with Crippen LogP contribution in [0.25, 0.3) is 0 Å². The third-order valence-electron chi connectivity index (χ3n) is 4.01. The summed E-state index contributed by atoms with van der Waals surface area (Å²) in [5.74, 6) is -0.133. The summed E-state index contributed by atoms with van der Waals surface area (Å²) in [5, 5.41) is 0. The zero-order valence-corrected chi connectivity index (χ0v) is 14.8. The highest BCUT2D eigenvalue weighted by Gasteiger charge is 2.24. The number of benzene rings is 1. The second kappa shape index (κ2) is 8.54. The van der Waals surface area contributed by atoms with E-state index in [9.17, 15) is 9.18 Å². The van der Waals surface area contributed by atoms with Gasteiger partial charge in [0.15, 0.2) is 5.82 Å². The molecule has 1 atom stereocenters. The van der Waals surface area contributed by atoms with Gasteiger partial charge in [-0.15, -0.1) is 0 Å². The van der Waals surface area contributed by atoms with Crippen LogP contribution in [0.1, 0.15) is 11.1 Å². The number of halogens is 1. The van der Waals surface area contributed by atoms with Crippen LogP contribution < -0.4 is 5.73 Å². The normalized spacial score (nSPS) is 17.3. The quantitative estimate of drug-likeness (QED) is 0.825. The zero-order chi connectivity index (χ0) is 19.2. The van der Waals surface area contributed by atoms with E-state index in [1.54, 1.807) is 25.3 Å². The minimum Gasteiger partial charge on any atom is -0.444 e. The summed E-state index contributed by atoms with van der Waals surface area (Å²) in [7, 11) is 0. The van der Waals surface area contributed by atoms with Gasteiger partial charge < -0.3 is 20.1 Å². The number of hydrogen-bond acceptors (Lipinski definition) is 7. The van der Waals surface area contributed by atoms with E-state index in [1.165, 1.54) is 23.5 Å². The van der Waals surface area contributed by atoms with Crippen LogP contribution in [0.15, 0.2) is 35.7 Å². The van der Waals surface area contributed by atoms with Gasteiger partial charge in [0.05, 0.1) is 19.3 Å². The summed E-state index contributed by atoms with van der Waals surface area (Å²) in [6.07, 6.45) is 3.43. The van der Waals surface area contributed by atoms with Gasteiger partial charge in [0.25, 0.3) is 0 Å². The molecule has 1 amide bonds. The molecule has 142 valence electrons. The predicted molar refractivity (Wildman–Crippen MR) is 97.2 cm³/mol. The van der Waals surface area contributed by atoms with Crippen molar-refractivity contribution in [2.24, 2.45) is 4.99 Å². The molecular weight excluding hydrogens is 353 g/mol. The van der Waals surface area contributed by atoms with Gasteiger partial charge in [-0.05, 0) is 18.6 Å². The van der Waals surface area contributed by atoms with E-state index in [0.29, 0.717) is 24.4 Å². The molecule has 1 aliphatic heterocycles. The fraction of sp³-hybridized carbons (Fsp3) is 0.333. The summed E-state index contributed by atoms with van der Waals surface area (Å²) in [4.78, 5) is 25.7. The van der Waals surface area contributed by atoms with Crippen LogP contribution in [0.5, 0.6) is 0 Å². The first-order valence-electron chi connectivity index (χ1n) is 8.41. The Morgan fingerprint density at radius 2 is 2.41 bits per heavy atom. The van der Waals surface area contributed by atoms with Crippen molar-refractivity contribution in [3.8, 4) is 0 Å². The number of rotatable bonds is 4. The monoisotopic (exact) mass is 373 g/mol. The van der Waals surface area contributed by atoms with Crippen LogP contribution >= 0.6 is 0 Å². The van der Waals surface area contributed by atoms with Gasteiger partial charge in [0, 0.05) is 18.3 Å². The van der Waals surface area contributed by atoms with Crippen LogP contribution in [-0.4, -0.2) is 53.0 Å². The highest BCUT2D eigenvalue weighted by Crippen LogP contribution is 2.17. The van der Waals surface area contributed by atoms with E-state index >= 15 is 0 Å². The van der Waals surface area contributed by atoms with Gasteiger partial charge in [0.2, 0.25) is 0 Å². The van der Waals surface area contributed by atoms with Crippen molar-refractivity contribution < 1.29 is 18.7 Å². The van der Waals surface area contributed by atoms with E-state index in [0.717, 1.165) is 5.56 Å². The van der Waals surface area contributed by atoms with Crippen LogP contribution in [0.4, 0.5) is 20.7 Å². The molecule has 2 heterocycles. The smallest absolute Gasteiger partial charge is 0.410 e. The fourth-order valence-corrected chi connectivity index (χ4v) is 2.53. The number of amides is 1. The first-order chi connectivity index (χ1) is 13.0. The lowest BCUT2D eigenvalue weighted by Crippen LogP contribution is -2.46. The fourth-order valence-electron chi connectivity index (χ4n) is 2.53. The maximum Gasteiger partial charge on any atom is 0.410 e. The zero-order valence-electron chi connectivity index (χ0n) is 14.8. The molecule has 1 fully saturated rings. The van der Waals surface area contributed by atoms with Crippen molar-refractivity contribution in [2.45, 2.75) is 19.6 Å². The molecule has 1 aliphatic rings. The Morgan fingerprint density at radius 1 is 1.56 bits per heavy atom. The standard InChI is InChI=1S/C18H20FN5O3/c1-12-2-3-13(15(19)6-12)10-27-18(25)24-4-5-26-14(9-24)7-22-16-8-21-11-23-17(16)20/h2-3,6-8,11,14H,4-5,9-10H2,1H3,(H2,20,21,23)/t14-/m1/s1. The van der Waals surface area contributed by atoms with E-state index in [2.05, 4.69) is 15.0 Å². The number of nitrogens with zero attached hydrogens (tertiary/aromatic N) is 4. The van der Waals surface area contributed by atoms with Gasteiger partial charge in [-0.3, -0.25) is 4.99 Å². The van der Waals surface area contributed by atoms with Crippen molar-refractivity contribution >= 4 is 23.8 Å². The SMILES string of the molecule is Cc1ccc(COC(=O)N2CCO[C@H](C=Nc3cncnc3N)C2)c(F)c1. The number of morpholine rings is 1. The summed E-state index contributed by atoms with van der Waals surface area (Å²) < 4.78 is 24.6. The Bertz CT molecular complexity index is 845. The van der Waals surface area contributed by atoms with Gasteiger partial charge in [-0.25, -0.2) is 19.2 Å². The first-order valence-corrected chi connectivity index (χ1v) is 8.41. The number of carbonyl (C=O) groups excluding carboxylic acids is 1. The molecule has 0 spiro atoms. The number of carbonyl (C=O) groups is 1. The lowest BCUT2D eigenvalue weighted by atomic mass is 10.1. The Hall–Kier alpha value is -3.07. The van der Waals surface area contributed by atoms with E-state index in [4.69, 9.17) is 15.2 Å². The highest BCUT2D eigenvalue weighted by atomic mass is 19.1. The number of aliphatic imine (C=N–C) groups is 1. The number of nitrogen functional groups attached to an aromatic ring is 1. The Kier molecular flexibility index (Phi) is 5.92. The second-order valence-electron chi connectivity index (χ2n) is 6.08. The minimum atomic E-state index is -0.528. The molecular formula is C18H20FN5O3. The van der Waals surface area contributed by atoms with Gasteiger partial charge in [-0.1, -0.05) is 12.1 Å². The summed E-state index contributed by atoms with van der Waals surface area (Å²) in [6, 6.07) is 4.79. The average molecular weight is 373 g/mol. The maximum atomic E-state index is 13.8. The number of aromatic nitrogens is 2. The Morgan fingerprint density at radius 3 is 3.19 bits per heavy atom. The number of ether oxygens (including phenoxy) is 2. The molecule has 0 radical (unpaired) electrons. The lowest BCUT2D eigenvalue weighted by molar-refractivity contribution is 0.00313. The number of hydrogen-bond donors (Lipinski definition) is 1. The first kappa shape index (κ1) is 18.7. The minimum absolute atomic E-state index is 0.126. The Balaban J connectivity index is 1.55. The number of nitrogens with two attached hydrogens (primary N) is 1. The van der Waals surface area contributed by atoms with Crippen molar-refractivity contribution in [1.82, 2.24) is 14.9 Å². The molecule has 1 aromatic heterocycles. The van der Waals surface area contributed by atoms with Crippen molar-refractivity contribution in [2.75, 3.05) is 25.4 Å². The highest BCUT2D eigenvalue weighted by molar-refractivity contribution is 5.73. The molecule has 0 saturated carbocycles. The summed E-state index contributed by atoms with van der Waals surface area (Å²) in [6.45, 7) is 2.66. The van der Waals surface area contributed by atoms with Crippen molar-refractivity contribution in [1.29, 1.82) is 0 Å². The van der Waals surface area contributed by atoms with E-state index < -0.39 is 18.0 Å². The van der Waals surface area contributed by atoms with Gasteiger partial charge in [0.1, 0.15) is 30.5 Å². The van der Waals surface area contributed by atoms with Crippen LogP contribution in [0.2, 0.25) is 0 Å². The number of anilines is 1. The van der Waals surface area contributed by atoms with Gasteiger partial charge in [-0.2, -0.15) is 0 Å². The third-order valence-corrected chi connectivity index (χ3v) is 4.01. The molecule has 27 heavy (non-hydrogen) atoms. The predicted octanol–water partition coefficient (Wildman–Crippen LogP) is 2.25. The number of aryl methyl sites for hydroxylation is 1. The topological polar surface area (TPSA) is 103 Å². The molecule has 1 aromatic carbocycles. The average Bonchev–Trinajstić information content (AvgIpc) is 2.67. The van der Waals surface area contributed by atoms with E-state index in [1.807, 2.05) is 0 Å². The third kappa shape index (κ3) is 4.98. The molecule has 3 rings (SSSR count). The van der Waals surface area contributed by atoms with Gasteiger partial charge >= 0.3 is 6.09 Å². The van der Waals surface area contributed by atoms with Crippen LogP contribution in [-0.2, 0) is 16.1 Å². The molecule has 0 unspecified atom stereocenters. The molecule has 2 N–H and O–H groups in total. The summed E-state index contributed by atoms with van der Waals surface area (Å²) >= 11 is 0. The molecule has 0 bridgehead atoms. The lowest BCUT2D eigenvalue weighted by Gasteiger charge is -2.30. The van der Waals surface area contributed by atoms with Crippen molar-refractivity contribution in [3.05, 3.63) is 47.7 Å². The molecule has 8 nitrogen and oxygen atoms in total. The largest absolute Gasteiger partial charge is 0.444 e.